The topological polar surface area (TPSA) is 103 Å². The molecule has 1 aromatic heterocycles. The van der Waals surface area contributed by atoms with E-state index in [-0.39, 0.29) is 10.8 Å². The van der Waals surface area contributed by atoms with Crippen LogP contribution in [0.3, 0.4) is 0 Å². The van der Waals surface area contributed by atoms with Gasteiger partial charge in [-0.05, 0) is 24.6 Å². The predicted octanol–water partition coefficient (Wildman–Crippen LogP) is 0.507. The fraction of sp³-hybridized carbons (Fsp3) is 0.200. The van der Waals surface area contributed by atoms with Crippen molar-refractivity contribution in [2.75, 3.05) is 10.5 Å². The Morgan fingerprint density at radius 2 is 2.11 bits per heavy atom. The molecule has 18 heavy (non-hydrogen) atoms. The smallest absolute Gasteiger partial charge is 0.264 e. The van der Waals surface area contributed by atoms with Crippen LogP contribution in [-0.2, 0) is 17.1 Å². The van der Waals surface area contributed by atoms with E-state index < -0.39 is 10.0 Å². The van der Waals surface area contributed by atoms with Crippen LogP contribution in [0.25, 0.3) is 0 Å². The minimum absolute atomic E-state index is 0.130. The number of anilines is 2. The van der Waals surface area contributed by atoms with Crippen molar-refractivity contribution in [1.29, 1.82) is 0 Å². The SMILES string of the molecule is Cc1c(N)cccc1S(=O)(=O)Nc1ncnn1C. The van der Waals surface area contributed by atoms with E-state index >= 15 is 0 Å². The van der Waals surface area contributed by atoms with Gasteiger partial charge in [0.2, 0.25) is 5.95 Å². The van der Waals surface area contributed by atoms with Crippen molar-refractivity contribution < 1.29 is 8.42 Å². The lowest BCUT2D eigenvalue weighted by Gasteiger charge is -2.10. The highest BCUT2D eigenvalue weighted by molar-refractivity contribution is 7.92. The Labute approximate surface area is 105 Å². The first kappa shape index (κ1) is 12.4. The molecule has 0 bridgehead atoms. The Balaban J connectivity index is 2.43. The summed E-state index contributed by atoms with van der Waals surface area (Å²) in [6.45, 7) is 1.65. The van der Waals surface area contributed by atoms with Crippen molar-refractivity contribution in [3.63, 3.8) is 0 Å². The second kappa shape index (κ2) is 4.30. The summed E-state index contributed by atoms with van der Waals surface area (Å²) in [5.41, 5.74) is 6.63. The average Bonchev–Trinajstić information content (AvgIpc) is 2.67. The molecule has 1 heterocycles. The van der Waals surface area contributed by atoms with E-state index in [0.29, 0.717) is 11.3 Å². The van der Waals surface area contributed by atoms with Crippen LogP contribution in [0.15, 0.2) is 29.4 Å². The molecular weight excluding hydrogens is 254 g/mol. The normalized spacial score (nSPS) is 11.4. The zero-order valence-corrected chi connectivity index (χ0v) is 10.8. The van der Waals surface area contributed by atoms with Crippen LogP contribution in [-0.4, -0.2) is 23.2 Å². The van der Waals surface area contributed by atoms with Gasteiger partial charge in [0, 0.05) is 12.7 Å². The first-order valence-electron chi connectivity index (χ1n) is 5.14. The zero-order valence-electron chi connectivity index (χ0n) is 9.95. The van der Waals surface area contributed by atoms with E-state index in [0.717, 1.165) is 0 Å². The van der Waals surface area contributed by atoms with E-state index in [2.05, 4.69) is 14.8 Å². The number of nitrogens with one attached hydrogen (secondary N) is 1. The lowest BCUT2D eigenvalue weighted by Crippen LogP contribution is -2.17. The van der Waals surface area contributed by atoms with Crippen molar-refractivity contribution in [3.05, 3.63) is 30.1 Å². The van der Waals surface area contributed by atoms with Gasteiger partial charge in [-0.25, -0.2) is 17.8 Å². The Kier molecular flexibility index (Phi) is 2.95. The van der Waals surface area contributed by atoms with E-state index in [4.69, 9.17) is 5.73 Å². The van der Waals surface area contributed by atoms with Gasteiger partial charge in [-0.1, -0.05) is 6.07 Å². The Hall–Kier alpha value is -2.09. The Bertz CT molecular complexity index is 677. The molecule has 2 rings (SSSR count). The molecule has 0 aliphatic carbocycles. The number of rotatable bonds is 3. The van der Waals surface area contributed by atoms with Gasteiger partial charge in [0.1, 0.15) is 6.33 Å². The van der Waals surface area contributed by atoms with Crippen LogP contribution >= 0.6 is 0 Å². The number of nitrogens with zero attached hydrogens (tertiary/aromatic N) is 3. The third-order valence-electron chi connectivity index (χ3n) is 2.55. The van der Waals surface area contributed by atoms with Gasteiger partial charge in [0.15, 0.2) is 0 Å². The molecule has 0 spiro atoms. The van der Waals surface area contributed by atoms with E-state index in [1.165, 1.54) is 17.1 Å². The number of nitrogen functional groups attached to an aromatic ring is 1. The minimum atomic E-state index is -3.71. The second-order valence-electron chi connectivity index (χ2n) is 3.78. The molecular formula is C10H13N5O2S. The molecule has 0 amide bonds. The summed E-state index contributed by atoms with van der Waals surface area (Å²) >= 11 is 0. The molecule has 8 heteroatoms. The maximum atomic E-state index is 12.2. The summed E-state index contributed by atoms with van der Waals surface area (Å²) in [4.78, 5) is 3.94. The van der Waals surface area contributed by atoms with Crippen molar-refractivity contribution >= 4 is 21.7 Å². The highest BCUT2D eigenvalue weighted by Gasteiger charge is 2.19. The van der Waals surface area contributed by atoms with Gasteiger partial charge in [0.05, 0.1) is 4.90 Å². The number of hydrogen-bond donors (Lipinski definition) is 2. The molecule has 3 N–H and O–H groups in total. The molecule has 0 radical (unpaired) electrons. The lowest BCUT2D eigenvalue weighted by molar-refractivity contribution is 0.599. The van der Waals surface area contributed by atoms with Crippen molar-refractivity contribution in [1.82, 2.24) is 14.8 Å². The standard InChI is InChI=1S/C10H13N5O2S/c1-7-8(11)4-3-5-9(7)18(16,17)14-10-12-6-13-15(10)2/h3-6H,11H2,1-2H3,(H,12,13,14). The summed E-state index contributed by atoms with van der Waals surface area (Å²) in [6, 6.07) is 4.73. The van der Waals surface area contributed by atoms with Gasteiger partial charge in [-0.15, -0.1) is 0 Å². The maximum absolute atomic E-state index is 12.2. The molecule has 1 aromatic carbocycles. The number of aromatic nitrogens is 3. The maximum Gasteiger partial charge on any atom is 0.264 e. The fourth-order valence-electron chi connectivity index (χ4n) is 1.49. The van der Waals surface area contributed by atoms with Crippen LogP contribution < -0.4 is 10.5 Å². The van der Waals surface area contributed by atoms with Crippen LogP contribution in [0.5, 0.6) is 0 Å². The quantitative estimate of drug-likeness (QED) is 0.788. The summed E-state index contributed by atoms with van der Waals surface area (Å²) in [5.74, 6) is 0.150. The second-order valence-corrected chi connectivity index (χ2v) is 5.43. The molecule has 7 nitrogen and oxygen atoms in total. The third-order valence-corrected chi connectivity index (χ3v) is 4.03. The average molecular weight is 267 g/mol. The van der Waals surface area contributed by atoms with E-state index in [9.17, 15) is 8.42 Å². The predicted molar refractivity (Wildman–Crippen MR) is 67.4 cm³/mol. The Morgan fingerprint density at radius 3 is 2.72 bits per heavy atom. The number of hydrogen-bond acceptors (Lipinski definition) is 5. The summed E-state index contributed by atoms with van der Waals surface area (Å²) in [5, 5.41) is 3.79. The summed E-state index contributed by atoms with van der Waals surface area (Å²) < 4.78 is 28.0. The number of nitrogens with two attached hydrogens (primary N) is 1. The molecule has 96 valence electrons. The van der Waals surface area contributed by atoms with Gasteiger partial charge in [-0.2, -0.15) is 10.1 Å². The number of aryl methyl sites for hydroxylation is 1. The zero-order chi connectivity index (χ0) is 13.3. The largest absolute Gasteiger partial charge is 0.398 e. The molecule has 0 atom stereocenters. The highest BCUT2D eigenvalue weighted by atomic mass is 32.2. The lowest BCUT2D eigenvalue weighted by atomic mass is 10.2. The third kappa shape index (κ3) is 2.14. The number of sulfonamides is 1. The minimum Gasteiger partial charge on any atom is -0.398 e. The van der Waals surface area contributed by atoms with Crippen molar-refractivity contribution in [2.45, 2.75) is 11.8 Å². The van der Waals surface area contributed by atoms with E-state index in [1.54, 1.807) is 26.1 Å². The van der Waals surface area contributed by atoms with Gasteiger partial charge in [-0.3, -0.25) is 0 Å². The van der Waals surface area contributed by atoms with Gasteiger partial charge < -0.3 is 5.73 Å². The molecule has 0 saturated heterocycles. The monoisotopic (exact) mass is 267 g/mol. The molecule has 0 aliphatic heterocycles. The molecule has 0 aliphatic rings. The molecule has 0 fully saturated rings. The highest BCUT2D eigenvalue weighted by Crippen LogP contribution is 2.22. The van der Waals surface area contributed by atoms with Gasteiger partial charge >= 0.3 is 0 Å². The van der Waals surface area contributed by atoms with E-state index in [1.807, 2.05) is 0 Å². The molecule has 0 unspecified atom stereocenters. The van der Waals surface area contributed by atoms with Crippen LogP contribution in [0.1, 0.15) is 5.56 Å². The first-order chi connectivity index (χ1) is 8.42. The van der Waals surface area contributed by atoms with Crippen molar-refractivity contribution in [3.8, 4) is 0 Å². The Morgan fingerprint density at radius 1 is 1.39 bits per heavy atom. The first-order valence-corrected chi connectivity index (χ1v) is 6.62. The van der Waals surface area contributed by atoms with Crippen LogP contribution in [0, 0.1) is 6.92 Å². The number of benzene rings is 1. The molecule has 2 aromatic rings. The van der Waals surface area contributed by atoms with Gasteiger partial charge in [0.25, 0.3) is 10.0 Å². The summed E-state index contributed by atoms with van der Waals surface area (Å²) in [7, 11) is -2.12. The molecule has 0 saturated carbocycles. The van der Waals surface area contributed by atoms with Crippen molar-refractivity contribution in [2.24, 2.45) is 7.05 Å². The van der Waals surface area contributed by atoms with Crippen LogP contribution in [0.2, 0.25) is 0 Å². The fourth-order valence-corrected chi connectivity index (χ4v) is 2.80. The van der Waals surface area contributed by atoms with Crippen LogP contribution in [0.4, 0.5) is 11.6 Å². The summed E-state index contributed by atoms with van der Waals surface area (Å²) in [6.07, 6.45) is 1.27.